The maximum absolute atomic E-state index is 13.0. The van der Waals surface area contributed by atoms with Gasteiger partial charge in [0.2, 0.25) is 12.7 Å². The van der Waals surface area contributed by atoms with Crippen molar-refractivity contribution in [2.75, 3.05) is 13.9 Å². The van der Waals surface area contributed by atoms with Gasteiger partial charge in [-0.1, -0.05) is 12.1 Å². The van der Waals surface area contributed by atoms with Gasteiger partial charge in [-0.25, -0.2) is 18.4 Å². The van der Waals surface area contributed by atoms with Crippen molar-refractivity contribution in [2.45, 2.75) is 51.1 Å². The Morgan fingerprint density at radius 2 is 1.94 bits per heavy atom. The van der Waals surface area contributed by atoms with Crippen LogP contribution in [0.1, 0.15) is 43.1 Å². The number of esters is 2. The van der Waals surface area contributed by atoms with Crippen molar-refractivity contribution in [1.29, 1.82) is 0 Å². The normalized spacial score (nSPS) is 16.1. The van der Waals surface area contributed by atoms with Crippen LogP contribution in [0.15, 0.2) is 18.2 Å². The number of para-hydroxylation sites is 1. The molecule has 2 N–H and O–H groups in total. The van der Waals surface area contributed by atoms with Gasteiger partial charge in [0.1, 0.15) is 11.3 Å². The zero-order valence-electron chi connectivity index (χ0n) is 17.6. The van der Waals surface area contributed by atoms with Crippen LogP contribution < -0.4 is 9.97 Å². The predicted octanol–water partition coefficient (Wildman–Crippen LogP) is 1.25. The molecular weight excluding hydrogens is 419 g/mol. The lowest BCUT2D eigenvalue weighted by Crippen LogP contribution is -2.53. The summed E-state index contributed by atoms with van der Waals surface area (Å²) in [5, 5.41) is 12.5. The largest absolute Gasteiger partial charge is 0.547 e. The van der Waals surface area contributed by atoms with Crippen molar-refractivity contribution in [2.24, 2.45) is 0 Å². The van der Waals surface area contributed by atoms with Crippen LogP contribution in [0.3, 0.4) is 0 Å². The molecule has 170 valence electrons. The molecule has 0 saturated carbocycles. The molecule has 1 unspecified atom stereocenters. The minimum absolute atomic E-state index is 0.0230. The van der Waals surface area contributed by atoms with Crippen LogP contribution >= 0.6 is 0 Å². The highest BCUT2D eigenvalue weighted by atomic mass is 19.3. The van der Waals surface area contributed by atoms with Crippen LogP contribution in [0, 0.1) is 0 Å². The molecule has 1 heterocycles. The van der Waals surface area contributed by atoms with Crippen LogP contribution in [0.4, 0.5) is 8.78 Å². The van der Waals surface area contributed by atoms with E-state index in [1.807, 2.05) is 0 Å². The molecule has 1 amide bonds. The molecule has 12 heteroatoms. The molecule has 31 heavy (non-hydrogen) atoms. The van der Waals surface area contributed by atoms with Crippen molar-refractivity contribution in [1.82, 2.24) is 5.32 Å². The molecule has 1 aliphatic rings. The van der Waals surface area contributed by atoms with Crippen LogP contribution in [0.5, 0.6) is 5.75 Å². The highest BCUT2D eigenvalue weighted by molar-refractivity contribution is 6.47. The van der Waals surface area contributed by atoms with Gasteiger partial charge >= 0.3 is 19.1 Å². The molecule has 0 saturated heterocycles. The number of rotatable bonds is 8. The zero-order chi connectivity index (χ0) is 23.4. The highest BCUT2D eigenvalue weighted by Crippen LogP contribution is 2.31. The topological polar surface area (TPSA) is 120 Å². The second-order valence-electron chi connectivity index (χ2n) is 7.62. The number of methoxy groups -OCH3 is 1. The van der Waals surface area contributed by atoms with Gasteiger partial charge in [0.05, 0.1) is 12.4 Å². The van der Waals surface area contributed by atoms with Crippen molar-refractivity contribution in [3.8, 4) is 5.75 Å². The first-order valence-corrected chi connectivity index (χ1v) is 9.37. The van der Waals surface area contributed by atoms with Crippen LogP contribution in [-0.4, -0.2) is 61.4 Å². The van der Waals surface area contributed by atoms with Crippen LogP contribution in [0.25, 0.3) is 0 Å². The first kappa shape index (κ1) is 24.5. The summed E-state index contributed by atoms with van der Waals surface area (Å²) in [6.07, 6.45) is -0.996. The lowest BCUT2D eigenvalue weighted by atomic mass is 9.72. The second kappa shape index (κ2) is 9.61. The van der Waals surface area contributed by atoms with Crippen molar-refractivity contribution in [3.05, 3.63) is 29.3 Å². The van der Waals surface area contributed by atoms with Crippen molar-refractivity contribution in [3.63, 3.8) is 0 Å². The van der Waals surface area contributed by atoms with Crippen LogP contribution in [-0.2, 0) is 30.2 Å². The Kier molecular flexibility index (Phi) is 7.61. The van der Waals surface area contributed by atoms with Crippen molar-refractivity contribution < 1.29 is 47.1 Å². The highest BCUT2D eigenvalue weighted by Gasteiger charge is 2.39. The molecule has 0 fully saturated rings. The molecule has 1 atom stereocenters. The first-order valence-electron chi connectivity index (χ1n) is 9.37. The quantitative estimate of drug-likeness (QED) is 0.350. The third-order valence-electron chi connectivity index (χ3n) is 4.54. The van der Waals surface area contributed by atoms with Crippen LogP contribution in [0.2, 0.25) is 0 Å². The minimum atomic E-state index is -3.19. The molecule has 0 bridgehead atoms. The predicted molar refractivity (Wildman–Crippen MR) is 103 cm³/mol. The van der Waals surface area contributed by atoms with E-state index in [0.29, 0.717) is 12.5 Å². The number of benzene rings is 1. The molecule has 0 aliphatic carbocycles. The van der Waals surface area contributed by atoms with Gasteiger partial charge in [0.25, 0.3) is 5.92 Å². The zero-order valence-corrected chi connectivity index (χ0v) is 17.6. The number of fused-ring (bicyclic) bond motifs is 1. The summed E-state index contributed by atoms with van der Waals surface area (Å²) in [5.74, 6) is -6.71. The summed E-state index contributed by atoms with van der Waals surface area (Å²) in [5.41, 5.74) is -0.804. The van der Waals surface area contributed by atoms with E-state index >= 15 is 0 Å². The Morgan fingerprint density at radius 1 is 1.26 bits per heavy atom. The van der Waals surface area contributed by atoms with E-state index in [1.54, 1.807) is 6.07 Å². The summed E-state index contributed by atoms with van der Waals surface area (Å²) < 4.78 is 46.1. The van der Waals surface area contributed by atoms with Gasteiger partial charge in [-0.2, -0.15) is 0 Å². The lowest BCUT2D eigenvalue weighted by molar-refractivity contribution is -0.173. The maximum atomic E-state index is 13.0. The molecule has 2 rings (SSSR count). The Labute approximate surface area is 178 Å². The smallest absolute Gasteiger partial charge is 0.534 e. The lowest BCUT2D eigenvalue weighted by Gasteiger charge is -2.29. The average Bonchev–Trinajstić information content (AvgIpc) is 2.66. The Bertz CT molecular complexity index is 843. The third kappa shape index (κ3) is 6.63. The summed E-state index contributed by atoms with van der Waals surface area (Å²) >= 11 is 0. The number of carbonyl (C=O) groups is 3. The standard InChI is InChI=1S/C19H24BF2NO8/c1-18(2,28-4)17(26)30-10-29-16(25)12-7-5-6-11-8-13(20(27)31-15(11)12)23-14(24)9-19(3,21)22/h5-7,13,27H,8-10H2,1-4H3,(H,23,24). The summed E-state index contributed by atoms with van der Waals surface area (Å²) in [4.78, 5) is 35.9. The number of hydrogen-bond acceptors (Lipinski definition) is 8. The first-order chi connectivity index (χ1) is 14.3. The van der Waals surface area contributed by atoms with E-state index in [2.05, 4.69) is 5.32 Å². The fourth-order valence-electron chi connectivity index (χ4n) is 2.72. The second-order valence-corrected chi connectivity index (χ2v) is 7.62. The van der Waals surface area contributed by atoms with Gasteiger partial charge in [0, 0.05) is 7.11 Å². The third-order valence-corrected chi connectivity index (χ3v) is 4.54. The molecule has 0 radical (unpaired) electrons. The average molecular weight is 443 g/mol. The van der Waals surface area contributed by atoms with Gasteiger partial charge < -0.3 is 29.2 Å². The SMILES string of the molecule is COC(C)(C)C(=O)OCOC(=O)c1cccc2c1OB(O)C(NC(=O)CC(C)(F)F)C2. The molecular formula is C19H24BF2NO8. The monoisotopic (exact) mass is 443 g/mol. The van der Waals surface area contributed by atoms with Crippen molar-refractivity contribution >= 4 is 25.0 Å². The maximum Gasteiger partial charge on any atom is 0.547 e. The number of alkyl halides is 2. The molecule has 0 aromatic heterocycles. The molecule has 1 aromatic rings. The van der Waals surface area contributed by atoms with E-state index in [-0.39, 0.29) is 17.7 Å². The summed E-state index contributed by atoms with van der Waals surface area (Å²) in [7, 11) is -0.244. The number of carbonyl (C=O) groups excluding carboxylic acids is 3. The number of amides is 1. The Morgan fingerprint density at radius 3 is 2.55 bits per heavy atom. The van der Waals surface area contributed by atoms with E-state index in [1.165, 1.54) is 33.1 Å². The number of nitrogens with one attached hydrogen (secondary N) is 1. The van der Waals surface area contributed by atoms with Gasteiger partial charge in [-0.15, -0.1) is 0 Å². The van der Waals surface area contributed by atoms with Gasteiger partial charge in [-0.3, -0.25) is 4.79 Å². The Hall–Kier alpha value is -2.73. The number of hydrogen-bond donors (Lipinski definition) is 2. The van der Waals surface area contributed by atoms with E-state index in [4.69, 9.17) is 18.9 Å². The molecule has 1 aromatic carbocycles. The number of ether oxygens (including phenoxy) is 3. The molecule has 0 spiro atoms. The van der Waals surface area contributed by atoms with E-state index in [0.717, 1.165) is 0 Å². The Balaban J connectivity index is 2.03. The molecule has 9 nitrogen and oxygen atoms in total. The minimum Gasteiger partial charge on any atom is -0.534 e. The van der Waals surface area contributed by atoms with E-state index < -0.39 is 55.6 Å². The fraction of sp³-hybridized carbons (Fsp3) is 0.526. The summed E-state index contributed by atoms with van der Waals surface area (Å²) in [6.45, 7) is 2.91. The molecule has 1 aliphatic heterocycles. The summed E-state index contributed by atoms with van der Waals surface area (Å²) in [6, 6.07) is 4.49. The fourth-order valence-corrected chi connectivity index (χ4v) is 2.72. The van der Waals surface area contributed by atoms with Gasteiger partial charge in [-0.05, 0) is 38.8 Å². The van der Waals surface area contributed by atoms with Gasteiger partial charge in [0.15, 0.2) is 5.60 Å². The van der Waals surface area contributed by atoms with E-state index in [9.17, 15) is 28.2 Å². The number of halogens is 2.